The van der Waals surface area contributed by atoms with Crippen LogP contribution in [-0.4, -0.2) is 42.4 Å². The number of amides is 2. The Labute approximate surface area is 137 Å². The van der Waals surface area contributed by atoms with E-state index >= 15 is 0 Å². The van der Waals surface area contributed by atoms with E-state index in [0.717, 1.165) is 45.3 Å². The fraction of sp³-hybridized carbons (Fsp3) is 0.556. The molecule has 1 aromatic carbocycles. The predicted molar refractivity (Wildman–Crippen MR) is 90.8 cm³/mol. The maximum Gasteiger partial charge on any atom is 0.319 e. The van der Waals surface area contributed by atoms with Gasteiger partial charge in [-0.25, -0.2) is 4.79 Å². The number of hydrogen-bond acceptors (Lipinski definition) is 3. The second kappa shape index (κ2) is 7.13. The fourth-order valence-corrected chi connectivity index (χ4v) is 3.14. The summed E-state index contributed by atoms with van der Waals surface area (Å²) in [7, 11) is 0. The Bertz CT molecular complexity index is 583. The minimum absolute atomic E-state index is 0.191. The molecule has 2 amide bonds. The van der Waals surface area contributed by atoms with Gasteiger partial charge in [0.25, 0.3) is 0 Å². The van der Waals surface area contributed by atoms with Gasteiger partial charge in [-0.1, -0.05) is 19.1 Å². The molecule has 1 heterocycles. The smallest absolute Gasteiger partial charge is 0.319 e. The van der Waals surface area contributed by atoms with Crippen LogP contribution in [0.3, 0.4) is 0 Å². The van der Waals surface area contributed by atoms with Gasteiger partial charge in [0.05, 0.1) is 0 Å². The molecule has 124 valence electrons. The Hall–Kier alpha value is -1.88. The number of benzene rings is 1. The Morgan fingerprint density at radius 2 is 2.09 bits per heavy atom. The first-order valence-corrected chi connectivity index (χ1v) is 8.60. The van der Waals surface area contributed by atoms with Crippen LogP contribution in [0.1, 0.15) is 43.0 Å². The number of ketones is 1. The zero-order chi connectivity index (χ0) is 16.2. The van der Waals surface area contributed by atoms with Crippen LogP contribution in [0.4, 0.5) is 10.5 Å². The van der Waals surface area contributed by atoms with E-state index in [4.69, 9.17) is 0 Å². The van der Waals surface area contributed by atoms with Crippen LogP contribution in [0, 0.1) is 5.92 Å². The number of anilines is 1. The number of carbonyl (C=O) groups excluding carboxylic acids is 2. The Morgan fingerprint density at radius 1 is 1.26 bits per heavy atom. The normalized spacial score (nSPS) is 21.7. The Morgan fingerprint density at radius 3 is 2.83 bits per heavy atom. The van der Waals surface area contributed by atoms with Crippen LogP contribution in [0.15, 0.2) is 24.3 Å². The highest BCUT2D eigenvalue weighted by Gasteiger charge is 2.30. The number of Topliss-reactive ketones (excluding diaryl/α,β-unsaturated/α-hetero) is 1. The molecule has 1 saturated carbocycles. The molecule has 5 nitrogen and oxygen atoms in total. The summed E-state index contributed by atoms with van der Waals surface area (Å²) in [5.74, 6) is 0.390. The van der Waals surface area contributed by atoms with Gasteiger partial charge < -0.3 is 15.5 Å². The third kappa shape index (κ3) is 4.32. The molecule has 2 N–H and O–H groups in total. The molecule has 1 atom stereocenters. The van der Waals surface area contributed by atoms with Crippen molar-refractivity contribution in [1.29, 1.82) is 0 Å². The molecular weight excluding hydrogens is 290 g/mol. The average molecular weight is 315 g/mol. The topological polar surface area (TPSA) is 61.4 Å². The summed E-state index contributed by atoms with van der Waals surface area (Å²) in [6.07, 6.45) is 4.12. The molecule has 23 heavy (non-hydrogen) atoms. The zero-order valence-corrected chi connectivity index (χ0v) is 13.7. The molecule has 2 aliphatic rings. The summed E-state index contributed by atoms with van der Waals surface area (Å²) in [4.78, 5) is 26.6. The highest BCUT2D eigenvalue weighted by atomic mass is 16.2. The van der Waals surface area contributed by atoms with Gasteiger partial charge in [-0.15, -0.1) is 0 Å². The number of hydrogen-bond donors (Lipinski definition) is 2. The number of piperidine rings is 1. The molecule has 1 unspecified atom stereocenters. The third-order valence-electron chi connectivity index (χ3n) is 4.64. The van der Waals surface area contributed by atoms with Crippen molar-refractivity contribution < 1.29 is 9.59 Å². The van der Waals surface area contributed by atoms with Crippen molar-refractivity contribution in [3.05, 3.63) is 29.8 Å². The average Bonchev–Trinajstić information content (AvgIpc) is 3.39. The number of likely N-dealkylation sites (N-methyl/N-ethyl adjacent to an activating group) is 1. The van der Waals surface area contributed by atoms with E-state index in [-0.39, 0.29) is 23.8 Å². The first-order chi connectivity index (χ1) is 11.2. The summed E-state index contributed by atoms with van der Waals surface area (Å²) in [6.45, 7) is 5.18. The molecule has 0 spiro atoms. The minimum Gasteiger partial charge on any atom is -0.334 e. The summed E-state index contributed by atoms with van der Waals surface area (Å²) >= 11 is 0. The molecule has 5 heteroatoms. The van der Waals surface area contributed by atoms with Crippen molar-refractivity contribution in [2.75, 3.05) is 25.0 Å². The van der Waals surface area contributed by atoms with Gasteiger partial charge in [0.1, 0.15) is 0 Å². The van der Waals surface area contributed by atoms with E-state index in [1.807, 2.05) is 18.2 Å². The maximum absolute atomic E-state index is 12.2. The maximum atomic E-state index is 12.2. The third-order valence-corrected chi connectivity index (χ3v) is 4.64. The molecule has 0 aromatic heterocycles. The second-order valence-electron chi connectivity index (χ2n) is 6.55. The van der Waals surface area contributed by atoms with Crippen LogP contribution >= 0.6 is 0 Å². The van der Waals surface area contributed by atoms with Gasteiger partial charge >= 0.3 is 6.03 Å². The van der Waals surface area contributed by atoms with Crippen molar-refractivity contribution in [2.24, 2.45) is 5.92 Å². The summed E-state index contributed by atoms with van der Waals surface area (Å²) in [5.41, 5.74) is 1.37. The first-order valence-electron chi connectivity index (χ1n) is 8.60. The summed E-state index contributed by atoms with van der Waals surface area (Å²) < 4.78 is 0. The van der Waals surface area contributed by atoms with Gasteiger partial charge in [0.2, 0.25) is 0 Å². The lowest BCUT2D eigenvalue weighted by atomic mass is 10.1. The molecule has 1 aliphatic carbocycles. The lowest BCUT2D eigenvalue weighted by molar-refractivity contribution is 0.0967. The van der Waals surface area contributed by atoms with E-state index in [2.05, 4.69) is 22.5 Å². The lowest BCUT2D eigenvalue weighted by Crippen LogP contribution is -2.48. The number of nitrogens with zero attached hydrogens (tertiary/aromatic N) is 1. The standard InChI is InChI=1S/C18H25N3O2/c1-2-21-10-4-7-16(12-21)20-18(23)19-15-6-3-5-14(11-15)17(22)13-8-9-13/h3,5-6,11,13,16H,2,4,7-10,12H2,1H3,(H2,19,20,23). The van der Waals surface area contributed by atoms with Gasteiger partial charge in [0, 0.05) is 29.8 Å². The number of carbonyl (C=O) groups is 2. The van der Waals surface area contributed by atoms with Crippen LogP contribution in [-0.2, 0) is 0 Å². The quantitative estimate of drug-likeness (QED) is 0.821. The fourth-order valence-electron chi connectivity index (χ4n) is 3.14. The number of likely N-dealkylation sites (tertiary alicyclic amines) is 1. The molecule has 0 radical (unpaired) electrons. The molecular formula is C18H25N3O2. The lowest BCUT2D eigenvalue weighted by Gasteiger charge is -2.32. The second-order valence-corrected chi connectivity index (χ2v) is 6.55. The summed E-state index contributed by atoms with van der Waals surface area (Å²) in [6, 6.07) is 7.25. The molecule has 0 bridgehead atoms. The van der Waals surface area contributed by atoms with Crippen molar-refractivity contribution in [3.8, 4) is 0 Å². The van der Waals surface area contributed by atoms with Crippen LogP contribution in [0.25, 0.3) is 0 Å². The van der Waals surface area contributed by atoms with Crippen LogP contribution in [0.5, 0.6) is 0 Å². The highest BCUT2D eigenvalue weighted by Crippen LogP contribution is 2.33. The Kier molecular flexibility index (Phi) is 4.96. The number of rotatable bonds is 5. The SMILES string of the molecule is CCN1CCCC(NC(=O)Nc2cccc(C(=O)C3CC3)c2)C1. The van der Waals surface area contributed by atoms with Crippen LogP contribution < -0.4 is 10.6 Å². The molecule has 1 saturated heterocycles. The molecule has 3 rings (SSSR count). The Balaban J connectivity index is 1.55. The van der Waals surface area contributed by atoms with Gasteiger partial charge in [-0.3, -0.25) is 4.79 Å². The zero-order valence-electron chi connectivity index (χ0n) is 13.7. The van der Waals surface area contributed by atoms with Crippen LogP contribution in [0.2, 0.25) is 0 Å². The van der Waals surface area contributed by atoms with Crippen molar-refractivity contribution in [3.63, 3.8) is 0 Å². The van der Waals surface area contributed by atoms with Gasteiger partial charge in [0.15, 0.2) is 5.78 Å². The van der Waals surface area contributed by atoms with E-state index in [9.17, 15) is 9.59 Å². The minimum atomic E-state index is -0.191. The molecule has 1 aliphatic heterocycles. The number of urea groups is 1. The summed E-state index contributed by atoms with van der Waals surface area (Å²) in [5, 5.41) is 5.89. The predicted octanol–water partition coefficient (Wildman–Crippen LogP) is 2.89. The van der Waals surface area contributed by atoms with Crippen molar-refractivity contribution in [1.82, 2.24) is 10.2 Å². The van der Waals surface area contributed by atoms with E-state index < -0.39 is 0 Å². The highest BCUT2D eigenvalue weighted by molar-refractivity contribution is 6.00. The number of nitrogens with one attached hydrogen (secondary N) is 2. The van der Waals surface area contributed by atoms with Crippen molar-refractivity contribution >= 4 is 17.5 Å². The van der Waals surface area contributed by atoms with E-state index in [0.29, 0.717) is 11.3 Å². The molecule has 2 fully saturated rings. The van der Waals surface area contributed by atoms with E-state index in [1.54, 1.807) is 6.07 Å². The van der Waals surface area contributed by atoms with E-state index in [1.165, 1.54) is 0 Å². The van der Waals surface area contributed by atoms with Gasteiger partial charge in [-0.05, 0) is 50.9 Å². The first kappa shape index (κ1) is 16.0. The van der Waals surface area contributed by atoms with Gasteiger partial charge in [-0.2, -0.15) is 0 Å². The van der Waals surface area contributed by atoms with Crippen molar-refractivity contribution in [2.45, 2.75) is 38.6 Å². The largest absolute Gasteiger partial charge is 0.334 e. The molecule has 1 aromatic rings. The monoisotopic (exact) mass is 315 g/mol.